The van der Waals surface area contributed by atoms with Gasteiger partial charge in [-0.2, -0.15) is 5.10 Å². The van der Waals surface area contributed by atoms with Crippen LogP contribution in [0.2, 0.25) is 0 Å². The van der Waals surface area contributed by atoms with Crippen LogP contribution in [0.4, 0.5) is 0 Å². The lowest BCUT2D eigenvalue weighted by Gasteiger charge is -2.48. The van der Waals surface area contributed by atoms with Gasteiger partial charge in [0.05, 0.1) is 20.4 Å². The number of benzene rings is 3. The third-order valence-electron chi connectivity index (χ3n) is 6.44. The third-order valence-corrected chi connectivity index (χ3v) is 6.44. The van der Waals surface area contributed by atoms with Crippen LogP contribution in [-0.2, 0) is 11.2 Å². The van der Waals surface area contributed by atoms with E-state index >= 15 is 0 Å². The first-order valence-electron chi connectivity index (χ1n) is 11.2. The molecule has 0 saturated carbocycles. The zero-order chi connectivity index (χ0) is 22.8. The Labute approximate surface area is 194 Å². The van der Waals surface area contributed by atoms with Gasteiger partial charge in [-0.3, -0.25) is 9.69 Å². The van der Waals surface area contributed by atoms with Crippen LogP contribution in [0.1, 0.15) is 40.9 Å². The summed E-state index contributed by atoms with van der Waals surface area (Å²) in [6.07, 6.45) is 2.70. The molecule has 0 spiro atoms. The lowest BCUT2D eigenvalue weighted by atomic mass is 9.87. The number of rotatable bonds is 5. The molecule has 2 unspecified atom stereocenters. The van der Waals surface area contributed by atoms with Crippen LogP contribution in [0.5, 0.6) is 11.5 Å². The van der Waals surface area contributed by atoms with Gasteiger partial charge in [0.25, 0.3) is 0 Å². The highest BCUT2D eigenvalue weighted by Crippen LogP contribution is 2.46. The van der Waals surface area contributed by atoms with Gasteiger partial charge in [-0.1, -0.05) is 60.7 Å². The molecule has 33 heavy (non-hydrogen) atoms. The smallest absolute Gasteiger partial charge is 0.246 e. The first-order valence-corrected chi connectivity index (χ1v) is 11.2. The van der Waals surface area contributed by atoms with Crippen molar-refractivity contribution in [2.75, 3.05) is 20.8 Å². The Bertz CT molecular complexity index is 1160. The van der Waals surface area contributed by atoms with E-state index in [1.165, 1.54) is 5.56 Å². The van der Waals surface area contributed by atoms with Crippen molar-refractivity contribution in [2.45, 2.75) is 25.0 Å². The van der Waals surface area contributed by atoms with Crippen molar-refractivity contribution in [2.24, 2.45) is 5.10 Å². The van der Waals surface area contributed by atoms with E-state index in [-0.39, 0.29) is 18.1 Å². The molecule has 1 amide bonds. The third kappa shape index (κ3) is 3.98. The Morgan fingerprint density at radius 1 is 0.939 bits per heavy atom. The predicted molar refractivity (Wildman–Crippen MR) is 127 cm³/mol. The van der Waals surface area contributed by atoms with Crippen LogP contribution >= 0.6 is 0 Å². The molecule has 0 aromatic heterocycles. The molecule has 1 fully saturated rings. The average Bonchev–Trinajstić information content (AvgIpc) is 2.87. The Morgan fingerprint density at radius 2 is 1.61 bits per heavy atom. The molecule has 5 rings (SSSR count). The largest absolute Gasteiger partial charge is 0.493 e. The van der Waals surface area contributed by atoms with E-state index in [9.17, 15) is 4.79 Å². The number of fused-ring (bicyclic) bond motifs is 3. The molecule has 1 saturated heterocycles. The minimum absolute atomic E-state index is 0.0000749. The number of methoxy groups -OCH3 is 2. The normalized spacial score (nSPS) is 20.4. The van der Waals surface area contributed by atoms with Crippen molar-refractivity contribution < 1.29 is 14.3 Å². The molecule has 0 bridgehead atoms. The Hall–Kier alpha value is -3.64. The van der Waals surface area contributed by atoms with Crippen LogP contribution in [0.3, 0.4) is 0 Å². The zero-order valence-electron chi connectivity index (χ0n) is 18.8. The van der Waals surface area contributed by atoms with E-state index in [4.69, 9.17) is 9.47 Å². The molecule has 6 heteroatoms. The van der Waals surface area contributed by atoms with E-state index in [2.05, 4.69) is 22.1 Å². The van der Waals surface area contributed by atoms with Gasteiger partial charge in [0.2, 0.25) is 5.91 Å². The number of nitrogens with zero attached hydrogens (tertiary/aromatic N) is 3. The number of hydrogen-bond acceptors (Lipinski definition) is 5. The fourth-order valence-electron chi connectivity index (χ4n) is 4.86. The van der Waals surface area contributed by atoms with Crippen LogP contribution in [0, 0.1) is 0 Å². The molecule has 0 N–H and O–H groups in total. The molecule has 2 aliphatic rings. The summed E-state index contributed by atoms with van der Waals surface area (Å²) >= 11 is 0. The van der Waals surface area contributed by atoms with Crippen molar-refractivity contribution in [3.8, 4) is 11.5 Å². The molecule has 2 atom stereocenters. The van der Waals surface area contributed by atoms with E-state index in [0.29, 0.717) is 12.2 Å². The van der Waals surface area contributed by atoms with Crippen LogP contribution in [0.15, 0.2) is 77.9 Å². The lowest BCUT2D eigenvalue weighted by Crippen LogP contribution is -2.52. The molecule has 6 nitrogen and oxygen atoms in total. The second-order valence-electron chi connectivity index (χ2n) is 8.29. The maximum atomic E-state index is 13.5. The molecule has 2 aliphatic heterocycles. The van der Waals surface area contributed by atoms with Crippen molar-refractivity contribution >= 4 is 12.1 Å². The predicted octanol–water partition coefficient (Wildman–Crippen LogP) is 4.57. The number of hydrazone groups is 1. The van der Waals surface area contributed by atoms with Gasteiger partial charge in [-0.15, -0.1) is 0 Å². The van der Waals surface area contributed by atoms with Crippen molar-refractivity contribution in [3.05, 3.63) is 95.1 Å². The quantitative estimate of drug-likeness (QED) is 0.545. The maximum Gasteiger partial charge on any atom is 0.246 e. The molecular formula is C27H27N3O3. The van der Waals surface area contributed by atoms with Gasteiger partial charge >= 0.3 is 0 Å². The molecule has 3 aromatic carbocycles. The first kappa shape index (κ1) is 21.2. The molecule has 0 aliphatic carbocycles. The van der Waals surface area contributed by atoms with Gasteiger partial charge < -0.3 is 9.47 Å². The van der Waals surface area contributed by atoms with E-state index in [0.717, 1.165) is 35.4 Å². The van der Waals surface area contributed by atoms with Crippen molar-refractivity contribution in [1.29, 1.82) is 0 Å². The highest BCUT2D eigenvalue weighted by Gasteiger charge is 2.44. The molecular weight excluding hydrogens is 414 g/mol. The molecule has 3 aromatic rings. The summed E-state index contributed by atoms with van der Waals surface area (Å²) in [6.45, 7) is 0.817. The monoisotopic (exact) mass is 441 g/mol. The van der Waals surface area contributed by atoms with E-state index < -0.39 is 0 Å². The fraction of sp³-hybridized carbons (Fsp3) is 0.259. The number of carbonyl (C=O) groups is 1. The summed E-state index contributed by atoms with van der Waals surface area (Å²) < 4.78 is 11.1. The van der Waals surface area contributed by atoms with Crippen molar-refractivity contribution in [3.63, 3.8) is 0 Å². The second kappa shape index (κ2) is 9.08. The Morgan fingerprint density at radius 3 is 2.30 bits per heavy atom. The lowest BCUT2D eigenvalue weighted by molar-refractivity contribution is -0.150. The summed E-state index contributed by atoms with van der Waals surface area (Å²) in [5, 5.41) is 6.32. The Kier molecular flexibility index (Phi) is 5.84. The highest BCUT2D eigenvalue weighted by atomic mass is 16.5. The summed E-state index contributed by atoms with van der Waals surface area (Å²) in [5.74, 6) is 1.41. The molecule has 2 heterocycles. The van der Waals surface area contributed by atoms with Crippen LogP contribution < -0.4 is 9.47 Å². The molecule has 168 valence electrons. The number of hydrogen-bond donors (Lipinski definition) is 0. The standard InChI is InChI=1S/C27H27N3O3/c1-32-24-15-21-13-14-29-23(22(21)16-25(24)33-2)17-26(31)30(27(29)20-11-7-4-8-12-20)28-18-19-9-5-3-6-10-19/h3-12,15-16,18,23,27H,13-14,17H2,1-2H3/b28-18+. The summed E-state index contributed by atoms with van der Waals surface area (Å²) in [7, 11) is 3.29. The molecule has 0 radical (unpaired) electrons. The Balaban J connectivity index is 1.56. The number of amides is 1. The minimum Gasteiger partial charge on any atom is -0.493 e. The summed E-state index contributed by atoms with van der Waals surface area (Å²) in [5.41, 5.74) is 4.33. The van der Waals surface area contributed by atoms with Gasteiger partial charge in [0.15, 0.2) is 11.5 Å². The topological polar surface area (TPSA) is 54.4 Å². The maximum absolute atomic E-state index is 13.5. The minimum atomic E-state index is -0.279. The van der Waals surface area contributed by atoms with Crippen LogP contribution in [-0.4, -0.2) is 42.8 Å². The second-order valence-corrected chi connectivity index (χ2v) is 8.29. The van der Waals surface area contributed by atoms with Crippen molar-refractivity contribution in [1.82, 2.24) is 9.91 Å². The van der Waals surface area contributed by atoms with Crippen LogP contribution in [0.25, 0.3) is 0 Å². The average molecular weight is 442 g/mol. The SMILES string of the molecule is COc1cc2c(cc1OC)C1CC(=O)N(/N=C/c3ccccc3)C(c3ccccc3)N1CC2. The summed E-state index contributed by atoms with van der Waals surface area (Å²) in [4.78, 5) is 15.9. The highest BCUT2D eigenvalue weighted by molar-refractivity contribution is 5.83. The first-order chi connectivity index (χ1) is 16.2. The fourth-order valence-corrected chi connectivity index (χ4v) is 4.86. The van der Waals surface area contributed by atoms with Gasteiger partial charge in [0.1, 0.15) is 6.17 Å². The van der Waals surface area contributed by atoms with Gasteiger partial charge in [0, 0.05) is 19.0 Å². The number of carbonyl (C=O) groups excluding carboxylic acids is 1. The van der Waals surface area contributed by atoms with E-state index in [1.54, 1.807) is 25.4 Å². The zero-order valence-corrected chi connectivity index (χ0v) is 18.8. The van der Waals surface area contributed by atoms with Gasteiger partial charge in [-0.05, 0) is 40.8 Å². The summed E-state index contributed by atoms with van der Waals surface area (Å²) in [6, 6.07) is 24.0. The van der Waals surface area contributed by atoms with E-state index in [1.807, 2.05) is 60.7 Å². The number of ether oxygens (including phenoxy) is 2. The van der Waals surface area contributed by atoms with Gasteiger partial charge in [-0.25, -0.2) is 5.01 Å².